The highest BCUT2D eigenvalue weighted by atomic mass is 127. The van der Waals surface area contributed by atoms with Crippen LogP contribution in [0.2, 0.25) is 0 Å². The van der Waals surface area contributed by atoms with Gasteiger partial charge in [0.2, 0.25) is 10.0 Å². The fourth-order valence-corrected chi connectivity index (χ4v) is 2.21. The Morgan fingerprint density at radius 2 is 1.88 bits per heavy atom. The molecule has 0 atom stereocenters. The number of hydrogen-bond donors (Lipinski definition) is 3. The highest BCUT2D eigenvalue weighted by Crippen LogP contribution is 1.99. The Morgan fingerprint density at radius 1 is 1.17 bits per heavy atom. The molecule has 0 aliphatic rings. The number of rotatable bonds is 10. The van der Waals surface area contributed by atoms with E-state index in [-0.39, 0.29) is 30.5 Å². The van der Waals surface area contributed by atoms with Crippen molar-refractivity contribution in [3.8, 4) is 0 Å². The van der Waals surface area contributed by atoms with E-state index in [4.69, 9.17) is 4.74 Å². The van der Waals surface area contributed by atoms with E-state index in [1.807, 2.05) is 37.3 Å². The van der Waals surface area contributed by atoms with Gasteiger partial charge >= 0.3 is 0 Å². The summed E-state index contributed by atoms with van der Waals surface area (Å²) in [4.78, 5) is 4.28. The molecule has 9 heteroatoms. The molecule has 0 aliphatic heterocycles. The van der Waals surface area contributed by atoms with Crippen molar-refractivity contribution in [3.63, 3.8) is 0 Å². The lowest BCUT2D eigenvalue weighted by molar-refractivity contribution is 0.125. The lowest BCUT2D eigenvalue weighted by Gasteiger charge is -2.11. The van der Waals surface area contributed by atoms with Crippen LogP contribution in [0.25, 0.3) is 0 Å². The SMILES string of the molecule is CCNC(=NCCNS(C)(=O)=O)NCCOCc1ccccc1.I. The van der Waals surface area contributed by atoms with Gasteiger partial charge < -0.3 is 15.4 Å². The number of guanidine groups is 1. The monoisotopic (exact) mass is 470 g/mol. The Balaban J connectivity index is 0.00000529. The molecule has 0 amide bonds. The van der Waals surface area contributed by atoms with Crippen LogP contribution in [-0.4, -0.2) is 53.4 Å². The number of sulfonamides is 1. The molecule has 3 N–H and O–H groups in total. The van der Waals surface area contributed by atoms with Gasteiger partial charge in [0, 0.05) is 19.6 Å². The molecular formula is C15H27IN4O3S. The van der Waals surface area contributed by atoms with E-state index in [1.165, 1.54) is 0 Å². The zero-order valence-corrected chi connectivity index (χ0v) is 17.3. The molecule has 0 radical (unpaired) electrons. The summed E-state index contributed by atoms with van der Waals surface area (Å²) in [6.45, 7) is 5.11. The summed E-state index contributed by atoms with van der Waals surface area (Å²) in [5.74, 6) is 0.645. The molecule has 0 saturated heterocycles. The summed E-state index contributed by atoms with van der Waals surface area (Å²) in [6.07, 6.45) is 1.13. The lowest BCUT2D eigenvalue weighted by Crippen LogP contribution is -2.39. The second-order valence-corrected chi connectivity index (χ2v) is 6.73. The summed E-state index contributed by atoms with van der Waals surface area (Å²) in [7, 11) is -3.17. The Hall–Kier alpha value is -0.910. The summed E-state index contributed by atoms with van der Waals surface area (Å²) in [5, 5.41) is 6.24. The van der Waals surface area contributed by atoms with Crippen LogP contribution < -0.4 is 15.4 Å². The fraction of sp³-hybridized carbons (Fsp3) is 0.533. The molecule has 138 valence electrons. The number of nitrogens with zero attached hydrogens (tertiary/aromatic N) is 1. The van der Waals surface area contributed by atoms with E-state index in [1.54, 1.807) is 0 Å². The quantitative estimate of drug-likeness (QED) is 0.205. The first kappa shape index (κ1) is 23.1. The molecule has 1 aromatic rings. The van der Waals surface area contributed by atoms with Gasteiger partial charge in [0.15, 0.2) is 5.96 Å². The first-order chi connectivity index (χ1) is 11.0. The number of halogens is 1. The van der Waals surface area contributed by atoms with Gasteiger partial charge in [0.1, 0.15) is 0 Å². The van der Waals surface area contributed by atoms with Gasteiger partial charge in [0.05, 0.1) is 26.0 Å². The van der Waals surface area contributed by atoms with Crippen molar-refractivity contribution in [1.82, 2.24) is 15.4 Å². The zero-order chi connectivity index (χ0) is 17.0. The third kappa shape index (κ3) is 12.5. The molecule has 0 spiro atoms. The topological polar surface area (TPSA) is 91.8 Å². The molecule has 24 heavy (non-hydrogen) atoms. The van der Waals surface area contributed by atoms with Gasteiger partial charge in [-0.15, -0.1) is 24.0 Å². The van der Waals surface area contributed by atoms with Gasteiger partial charge in [-0.25, -0.2) is 13.1 Å². The molecule has 7 nitrogen and oxygen atoms in total. The molecule has 0 unspecified atom stereocenters. The normalized spacial score (nSPS) is 11.7. The van der Waals surface area contributed by atoms with Crippen LogP contribution in [0.3, 0.4) is 0 Å². The smallest absolute Gasteiger partial charge is 0.208 e. The Bertz CT molecular complexity index is 567. The highest BCUT2D eigenvalue weighted by molar-refractivity contribution is 14.0. The van der Waals surface area contributed by atoms with Crippen molar-refractivity contribution in [1.29, 1.82) is 0 Å². The molecular weight excluding hydrogens is 443 g/mol. The largest absolute Gasteiger partial charge is 0.375 e. The fourth-order valence-electron chi connectivity index (χ4n) is 1.75. The molecule has 1 aromatic carbocycles. The molecule has 1 rings (SSSR count). The third-order valence-corrected chi connectivity index (χ3v) is 3.47. The van der Waals surface area contributed by atoms with E-state index in [2.05, 4.69) is 20.3 Å². The summed E-state index contributed by atoms with van der Waals surface area (Å²) < 4.78 is 29.9. The number of ether oxygens (including phenoxy) is 1. The molecule has 0 fully saturated rings. The molecule has 0 saturated carbocycles. The maximum absolute atomic E-state index is 11.0. The van der Waals surface area contributed by atoms with Crippen molar-refractivity contribution in [2.75, 3.05) is 39.0 Å². The van der Waals surface area contributed by atoms with Crippen LogP contribution >= 0.6 is 24.0 Å². The van der Waals surface area contributed by atoms with E-state index in [0.29, 0.717) is 32.3 Å². The van der Waals surface area contributed by atoms with Crippen LogP contribution in [0.1, 0.15) is 12.5 Å². The summed E-state index contributed by atoms with van der Waals surface area (Å²) in [5.41, 5.74) is 1.14. The van der Waals surface area contributed by atoms with Gasteiger partial charge in [-0.3, -0.25) is 4.99 Å². The minimum atomic E-state index is -3.17. The second kappa shape index (κ2) is 13.4. The van der Waals surface area contributed by atoms with Gasteiger partial charge in [-0.05, 0) is 12.5 Å². The van der Waals surface area contributed by atoms with Crippen LogP contribution in [0.15, 0.2) is 35.3 Å². The van der Waals surface area contributed by atoms with Crippen molar-refractivity contribution in [2.24, 2.45) is 4.99 Å². The minimum Gasteiger partial charge on any atom is -0.375 e. The minimum absolute atomic E-state index is 0. The van der Waals surface area contributed by atoms with E-state index >= 15 is 0 Å². The average Bonchev–Trinajstić information content (AvgIpc) is 2.51. The van der Waals surface area contributed by atoms with Crippen molar-refractivity contribution >= 4 is 40.0 Å². The maximum atomic E-state index is 11.0. The first-order valence-electron chi connectivity index (χ1n) is 7.59. The third-order valence-electron chi connectivity index (χ3n) is 2.74. The Kier molecular flexibility index (Phi) is 12.9. The predicted molar refractivity (Wildman–Crippen MR) is 108 cm³/mol. The van der Waals surface area contributed by atoms with E-state index < -0.39 is 10.0 Å². The van der Waals surface area contributed by atoms with Gasteiger partial charge in [-0.1, -0.05) is 30.3 Å². The Morgan fingerprint density at radius 3 is 2.50 bits per heavy atom. The van der Waals surface area contributed by atoms with Crippen LogP contribution in [0, 0.1) is 0 Å². The highest BCUT2D eigenvalue weighted by Gasteiger charge is 2.00. The summed E-state index contributed by atoms with van der Waals surface area (Å²) in [6, 6.07) is 9.99. The van der Waals surface area contributed by atoms with Crippen LogP contribution in [0.5, 0.6) is 0 Å². The van der Waals surface area contributed by atoms with E-state index in [0.717, 1.165) is 18.4 Å². The van der Waals surface area contributed by atoms with Crippen molar-refractivity contribution in [2.45, 2.75) is 13.5 Å². The zero-order valence-electron chi connectivity index (χ0n) is 14.1. The first-order valence-corrected chi connectivity index (χ1v) is 9.49. The second-order valence-electron chi connectivity index (χ2n) is 4.89. The standard InChI is InChI=1S/C15H26N4O3S.HI/c1-3-16-15(17-9-10-19-23(2,20)21)18-11-12-22-13-14-7-5-4-6-8-14;/h4-8,19H,3,9-13H2,1-2H3,(H2,16,17,18);1H. The lowest BCUT2D eigenvalue weighted by atomic mass is 10.2. The number of hydrogen-bond acceptors (Lipinski definition) is 4. The summed E-state index contributed by atoms with van der Waals surface area (Å²) >= 11 is 0. The average molecular weight is 470 g/mol. The molecule has 0 aliphatic carbocycles. The number of nitrogens with one attached hydrogen (secondary N) is 3. The van der Waals surface area contributed by atoms with Crippen LogP contribution in [-0.2, 0) is 21.4 Å². The number of aliphatic imine (C=N–C) groups is 1. The predicted octanol–water partition coefficient (Wildman–Crippen LogP) is 0.926. The molecule has 0 heterocycles. The maximum Gasteiger partial charge on any atom is 0.208 e. The molecule has 0 bridgehead atoms. The molecule has 0 aromatic heterocycles. The van der Waals surface area contributed by atoms with E-state index in [9.17, 15) is 8.42 Å². The van der Waals surface area contributed by atoms with Crippen LogP contribution in [0.4, 0.5) is 0 Å². The van der Waals surface area contributed by atoms with Gasteiger partial charge in [-0.2, -0.15) is 0 Å². The van der Waals surface area contributed by atoms with Crippen molar-refractivity contribution < 1.29 is 13.2 Å². The van der Waals surface area contributed by atoms with Gasteiger partial charge in [0.25, 0.3) is 0 Å². The Labute approximate surface area is 161 Å². The van der Waals surface area contributed by atoms with Crippen molar-refractivity contribution in [3.05, 3.63) is 35.9 Å². The number of benzene rings is 1.